The van der Waals surface area contributed by atoms with Crippen LogP contribution in [-0.2, 0) is 13.1 Å². The first kappa shape index (κ1) is 17.5. The van der Waals surface area contributed by atoms with Crippen LogP contribution in [0.2, 0.25) is 5.02 Å². The van der Waals surface area contributed by atoms with E-state index in [9.17, 15) is 5.11 Å². The molecule has 0 aliphatic heterocycles. The highest BCUT2D eigenvalue weighted by Gasteiger charge is 2.20. The van der Waals surface area contributed by atoms with E-state index < -0.39 is 0 Å². The van der Waals surface area contributed by atoms with Crippen LogP contribution in [0.1, 0.15) is 48.2 Å². The lowest BCUT2D eigenvalue weighted by atomic mass is 9.93. The van der Waals surface area contributed by atoms with E-state index >= 15 is 0 Å². The van der Waals surface area contributed by atoms with Crippen molar-refractivity contribution in [2.24, 2.45) is 0 Å². The van der Waals surface area contributed by atoms with Gasteiger partial charge in [0.1, 0.15) is 0 Å². The number of aryl methyl sites for hydroxylation is 1. The summed E-state index contributed by atoms with van der Waals surface area (Å²) >= 11 is 6.27. The molecule has 130 valence electrons. The first-order valence-electron chi connectivity index (χ1n) is 8.72. The lowest BCUT2D eigenvalue weighted by molar-refractivity contribution is 0.116. The third kappa shape index (κ3) is 4.00. The predicted octanol–water partition coefficient (Wildman–Crippen LogP) is 3.59. The van der Waals surface area contributed by atoms with Gasteiger partial charge in [0.05, 0.1) is 18.3 Å². The Hall–Kier alpha value is -1.36. The van der Waals surface area contributed by atoms with Crippen molar-refractivity contribution in [2.45, 2.75) is 64.8 Å². The van der Waals surface area contributed by atoms with Crippen LogP contribution in [-0.4, -0.2) is 27.0 Å². The van der Waals surface area contributed by atoms with E-state index in [4.69, 9.17) is 16.7 Å². The quantitative estimate of drug-likeness (QED) is 0.869. The molecule has 0 atom stereocenters. The van der Waals surface area contributed by atoms with Crippen molar-refractivity contribution in [3.63, 3.8) is 0 Å². The Morgan fingerprint density at radius 1 is 1.21 bits per heavy atom. The van der Waals surface area contributed by atoms with Crippen molar-refractivity contribution in [3.8, 4) is 0 Å². The van der Waals surface area contributed by atoms with Crippen LogP contribution in [0.3, 0.4) is 0 Å². The van der Waals surface area contributed by atoms with Gasteiger partial charge in [-0.05, 0) is 51.2 Å². The Morgan fingerprint density at radius 3 is 2.62 bits per heavy atom. The number of benzene rings is 1. The molecule has 1 aliphatic rings. The molecule has 4 nitrogen and oxygen atoms in total. The monoisotopic (exact) mass is 347 g/mol. The van der Waals surface area contributed by atoms with Crippen LogP contribution < -0.4 is 5.32 Å². The van der Waals surface area contributed by atoms with Gasteiger partial charge in [0.2, 0.25) is 0 Å². The Bertz CT molecular complexity index is 690. The summed E-state index contributed by atoms with van der Waals surface area (Å²) in [5, 5.41) is 18.7. The van der Waals surface area contributed by atoms with Crippen molar-refractivity contribution >= 4 is 11.6 Å². The van der Waals surface area contributed by atoms with E-state index in [1.807, 2.05) is 28.9 Å². The highest BCUT2D eigenvalue weighted by Crippen LogP contribution is 2.21. The molecule has 0 bridgehead atoms. The normalized spacial score (nSPS) is 21.2. The van der Waals surface area contributed by atoms with E-state index in [-0.39, 0.29) is 6.10 Å². The van der Waals surface area contributed by atoms with E-state index in [0.717, 1.165) is 48.5 Å². The number of aliphatic hydroxyl groups is 1. The second-order valence-corrected chi connectivity index (χ2v) is 7.19. The number of hydrogen-bond acceptors (Lipinski definition) is 3. The zero-order chi connectivity index (χ0) is 17.1. The van der Waals surface area contributed by atoms with Gasteiger partial charge in [-0.1, -0.05) is 29.8 Å². The van der Waals surface area contributed by atoms with Crippen molar-refractivity contribution in [1.29, 1.82) is 0 Å². The van der Waals surface area contributed by atoms with Gasteiger partial charge >= 0.3 is 0 Å². The van der Waals surface area contributed by atoms with Crippen LogP contribution in [0.25, 0.3) is 0 Å². The molecular formula is C19H26ClN3O. The fourth-order valence-corrected chi connectivity index (χ4v) is 3.65. The Balaban J connectivity index is 1.67. The molecular weight excluding hydrogens is 322 g/mol. The number of halogens is 1. The number of nitrogens with one attached hydrogen (secondary N) is 1. The van der Waals surface area contributed by atoms with Crippen molar-refractivity contribution in [3.05, 3.63) is 51.8 Å². The Morgan fingerprint density at radius 2 is 1.92 bits per heavy atom. The lowest BCUT2D eigenvalue weighted by Gasteiger charge is -2.26. The molecule has 2 aromatic rings. The van der Waals surface area contributed by atoms with Crippen LogP contribution in [0.15, 0.2) is 24.3 Å². The van der Waals surface area contributed by atoms with Crippen molar-refractivity contribution in [1.82, 2.24) is 15.1 Å². The molecule has 1 aromatic heterocycles. The highest BCUT2D eigenvalue weighted by atomic mass is 35.5. The maximum atomic E-state index is 9.61. The van der Waals surface area contributed by atoms with Gasteiger partial charge in [0, 0.05) is 28.9 Å². The van der Waals surface area contributed by atoms with Gasteiger partial charge in [-0.2, -0.15) is 5.10 Å². The van der Waals surface area contributed by atoms with Crippen molar-refractivity contribution in [2.75, 3.05) is 0 Å². The van der Waals surface area contributed by atoms with Crippen molar-refractivity contribution < 1.29 is 5.11 Å². The van der Waals surface area contributed by atoms with E-state index in [1.54, 1.807) is 0 Å². The van der Waals surface area contributed by atoms with Gasteiger partial charge in [-0.15, -0.1) is 0 Å². The topological polar surface area (TPSA) is 50.1 Å². The zero-order valence-electron chi connectivity index (χ0n) is 14.4. The molecule has 5 heteroatoms. The Kier molecular flexibility index (Phi) is 5.59. The minimum absolute atomic E-state index is 0.107. The molecule has 0 amide bonds. The molecule has 1 saturated carbocycles. The summed E-state index contributed by atoms with van der Waals surface area (Å²) in [5.41, 5.74) is 4.62. The highest BCUT2D eigenvalue weighted by molar-refractivity contribution is 6.31. The second-order valence-electron chi connectivity index (χ2n) is 6.78. The maximum absolute atomic E-state index is 9.61. The minimum atomic E-state index is -0.107. The lowest BCUT2D eigenvalue weighted by Crippen LogP contribution is -2.34. The fourth-order valence-electron chi connectivity index (χ4n) is 3.46. The molecule has 1 heterocycles. The first-order valence-corrected chi connectivity index (χ1v) is 9.10. The average molecular weight is 348 g/mol. The van der Waals surface area contributed by atoms with Crippen LogP contribution in [0.5, 0.6) is 0 Å². The SMILES string of the molecule is Cc1nn(Cc2ccccc2Cl)c(C)c1CNC1CCC(O)CC1. The Labute approximate surface area is 148 Å². The minimum Gasteiger partial charge on any atom is -0.393 e. The number of rotatable bonds is 5. The third-order valence-corrected chi connectivity index (χ3v) is 5.44. The summed E-state index contributed by atoms with van der Waals surface area (Å²) in [6, 6.07) is 8.42. The van der Waals surface area contributed by atoms with Crippen LogP contribution in [0.4, 0.5) is 0 Å². The summed E-state index contributed by atoms with van der Waals surface area (Å²) in [7, 11) is 0. The standard InChI is InChI=1S/C19H26ClN3O/c1-13-18(11-21-16-7-9-17(24)10-8-16)14(2)23(22-13)12-15-5-3-4-6-19(15)20/h3-6,16-17,21,24H,7-12H2,1-2H3. The number of hydrogen-bond donors (Lipinski definition) is 2. The number of aromatic nitrogens is 2. The molecule has 0 spiro atoms. The van der Waals surface area contributed by atoms with Gasteiger partial charge in [-0.25, -0.2) is 0 Å². The largest absolute Gasteiger partial charge is 0.393 e. The van der Waals surface area contributed by atoms with E-state index in [1.165, 1.54) is 11.3 Å². The fraction of sp³-hybridized carbons (Fsp3) is 0.526. The van der Waals surface area contributed by atoms with Gasteiger partial charge in [0.15, 0.2) is 0 Å². The third-order valence-electron chi connectivity index (χ3n) is 5.07. The predicted molar refractivity (Wildman–Crippen MR) is 97.4 cm³/mol. The summed E-state index contributed by atoms with van der Waals surface area (Å²) in [4.78, 5) is 0. The maximum Gasteiger partial charge on any atom is 0.0677 e. The van der Waals surface area contributed by atoms with E-state index in [0.29, 0.717) is 12.6 Å². The van der Waals surface area contributed by atoms with Gasteiger partial charge in [-0.3, -0.25) is 4.68 Å². The molecule has 3 rings (SSSR count). The van der Waals surface area contributed by atoms with Crippen LogP contribution in [0, 0.1) is 13.8 Å². The molecule has 1 aliphatic carbocycles. The summed E-state index contributed by atoms with van der Waals surface area (Å²) in [5.74, 6) is 0. The molecule has 24 heavy (non-hydrogen) atoms. The number of nitrogens with zero attached hydrogens (tertiary/aromatic N) is 2. The van der Waals surface area contributed by atoms with Gasteiger partial charge in [0.25, 0.3) is 0 Å². The van der Waals surface area contributed by atoms with E-state index in [2.05, 4.69) is 19.2 Å². The molecule has 0 radical (unpaired) electrons. The number of aliphatic hydroxyl groups excluding tert-OH is 1. The molecule has 0 unspecified atom stereocenters. The zero-order valence-corrected chi connectivity index (χ0v) is 15.2. The van der Waals surface area contributed by atoms with Crippen LogP contribution >= 0.6 is 11.6 Å². The molecule has 0 saturated heterocycles. The second kappa shape index (κ2) is 7.68. The molecule has 1 aromatic carbocycles. The molecule has 2 N–H and O–H groups in total. The van der Waals surface area contributed by atoms with Gasteiger partial charge < -0.3 is 10.4 Å². The first-order chi connectivity index (χ1) is 11.5. The summed E-state index contributed by atoms with van der Waals surface area (Å²) < 4.78 is 2.04. The smallest absolute Gasteiger partial charge is 0.0677 e. The average Bonchev–Trinajstić information content (AvgIpc) is 2.83. The molecule has 1 fully saturated rings. The summed E-state index contributed by atoms with van der Waals surface area (Å²) in [6.07, 6.45) is 3.80. The summed E-state index contributed by atoms with van der Waals surface area (Å²) in [6.45, 7) is 5.72.